The van der Waals surface area contributed by atoms with Crippen molar-refractivity contribution in [3.63, 3.8) is 0 Å². The highest BCUT2D eigenvalue weighted by Gasteiger charge is 2.33. The molecule has 0 aliphatic heterocycles. The molecule has 0 aliphatic rings. The van der Waals surface area contributed by atoms with Crippen LogP contribution in [0.2, 0.25) is 5.02 Å². The normalized spacial score (nSPS) is 11.0. The minimum atomic E-state index is -1.27. The fourth-order valence-corrected chi connectivity index (χ4v) is 3.67. The summed E-state index contributed by atoms with van der Waals surface area (Å²) in [4.78, 5) is 37.5. The minimum Gasteiger partial charge on any atom is -0.478 e. The summed E-state index contributed by atoms with van der Waals surface area (Å²) < 4.78 is 15.6. The molecule has 2 aromatic rings. The summed E-state index contributed by atoms with van der Waals surface area (Å²) in [5.41, 5.74) is -0.775. The van der Waals surface area contributed by atoms with Gasteiger partial charge in [-0.05, 0) is 57.5 Å². The van der Waals surface area contributed by atoms with E-state index in [9.17, 15) is 14.4 Å². The largest absolute Gasteiger partial charge is 0.478 e. The molecule has 1 N–H and O–H groups in total. The van der Waals surface area contributed by atoms with Crippen LogP contribution in [0.4, 0.5) is 5.00 Å². The van der Waals surface area contributed by atoms with Gasteiger partial charge in [0.2, 0.25) is 0 Å². The summed E-state index contributed by atoms with van der Waals surface area (Å²) in [7, 11) is 1.24. The molecule has 2 rings (SSSR count). The van der Waals surface area contributed by atoms with Gasteiger partial charge < -0.3 is 19.5 Å². The average Bonchev–Trinajstić information content (AvgIpc) is 2.99. The fraction of sp³-hybridized carbons (Fsp3) is 0.350. The zero-order chi connectivity index (χ0) is 21.8. The molecule has 1 aromatic carbocycles. The van der Waals surface area contributed by atoms with Crippen LogP contribution in [-0.2, 0) is 14.3 Å². The lowest BCUT2D eigenvalue weighted by Gasteiger charge is -2.25. The highest BCUT2D eigenvalue weighted by molar-refractivity contribution is 7.18. The van der Waals surface area contributed by atoms with E-state index < -0.39 is 23.4 Å². The molecule has 0 aliphatic carbocycles. The lowest BCUT2D eigenvalue weighted by molar-refractivity contribution is -0.128. The van der Waals surface area contributed by atoms with Gasteiger partial charge in [0, 0.05) is 5.02 Å². The highest BCUT2D eigenvalue weighted by Crippen LogP contribution is 2.35. The number of hydrogen-bond acceptors (Lipinski definition) is 7. The van der Waals surface area contributed by atoms with Crippen LogP contribution >= 0.6 is 22.9 Å². The Balaban J connectivity index is 2.33. The van der Waals surface area contributed by atoms with E-state index in [1.165, 1.54) is 7.11 Å². The number of ether oxygens (including phenoxy) is 3. The maximum atomic E-state index is 12.9. The zero-order valence-electron chi connectivity index (χ0n) is 16.8. The van der Waals surface area contributed by atoms with Crippen molar-refractivity contribution in [1.82, 2.24) is 0 Å². The third-order valence-corrected chi connectivity index (χ3v) is 5.40. The van der Waals surface area contributed by atoms with E-state index in [4.69, 9.17) is 25.8 Å². The number of halogens is 1. The van der Waals surface area contributed by atoms with Gasteiger partial charge in [-0.3, -0.25) is 4.79 Å². The Labute approximate surface area is 177 Å². The van der Waals surface area contributed by atoms with Crippen LogP contribution in [0.25, 0.3) is 0 Å². The molecule has 0 saturated carbocycles. The number of amides is 1. The molecule has 0 unspecified atom stereocenters. The van der Waals surface area contributed by atoms with Gasteiger partial charge in [-0.25, -0.2) is 9.59 Å². The topological polar surface area (TPSA) is 90.9 Å². The lowest BCUT2D eigenvalue weighted by atomic mass is 10.1. The smallest absolute Gasteiger partial charge is 0.348 e. The second-order valence-corrected chi connectivity index (χ2v) is 7.95. The number of hydrogen-bond donors (Lipinski definition) is 1. The van der Waals surface area contributed by atoms with Gasteiger partial charge >= 0.3 is 11.9 Å². The van der Waals surface area contributed by atoms with Crippen LogP contribution in [0, 0.1) is 6.92 Å². The zero-order valence-corrected chi connectivity index (χ0v) is 18.3. The number of anilines is 1. The SMILES string of the molecule is CCOC(=O)c1c(NC(=O)C(C)(C)Oc2ccc(Cl)cc2)sc(C(=O)OC)c1C. The highest BCUT2D eigenvalue weighted by atomic mass is 35.5. The number of thiophene rings is 1. The Morgan fingerprint density at radius 1 is 1.14 bits per heavy atom. The Morgan fingerprint density at radius 3 is 2.31 bits per heavy atom. The first-order valence-corrected chi connectivity index (χ1v) is 9.95. The van der Waals surface area contributed by atoms with E-state index in [-0.39, 0.29) is 22.0 Å². The molecule has 156 valence electrons. The second kappa shape index (κ2) is 9.28. The molecule has 0 radical (unpaired) electrons. The van der Waals surface area contributed by atoms with Gasteiger partial charge in [-0.1, -0.05) is 11.6 Å². The molecule has 29 heavy (non-hydrogen) atoms. The molecule has 0 fully saturated rings. The first kappa shape index (κ1) is 22.7. The van der Waals surface area contributed by atoms with Gasteiger partial charge in [-0.2, -0.15) is 0 Å². The maximum Gasteiger partial charge on any atom is 0.348 e. The summed E-state index contributed by atoms with van der Waals surface area (Å²) in [6, 6.07) is 6.59. The van der Waals surface area contributed by atoms with E-state index in [0.717, 1.165) is 11.3 Å². The summed E-state index contributed by atoms with van der Waals surface area (Å²) in [6.45, 7) is 6.59. The van der Waals surface area contributed by atoms with Crippen LogP contribution in [0.3, 0.4) is 0 Å². The van der Waals surface area contributed by atoms with Crippen molar-refractivity contribution in [1.29, 1.82) is 0 Å². The Bertz CT molecular complexity index is 920. The van der Waals surface area contributed by atoms with Crippen molar-refractivity contribution in [2.75, 3.05) is 19.0 Å². The molecule has 1 aromatic heterocycles. The number of benzene rings is 1. The molecule has 1 heterocycles. The quantitative estimate of drug-likeness (QED) is 0.640. The van der Waals surface area contributed by atoms with E-state index in [1.54, 1.807) is 52.0 Å². The molecule has 0 atom stereocenters. The first-order chi connectivity index (χ1) is 13.6. The van der Waals surface area contributed by atoms with Crippen molar-refractivity contribution in [2.45, 2.75) is 33.3 Å². The third-order valence-electron chi connectivity index (χ3n) is 3.96. The fourth-order valence-electron chi connectivity index (χ4n) is 2.44. The van der Waals surface area contributed by atoms with Crippen molar-refractivity contribution in [2.24, 2.45) is 0 Å². The number of carbonyl (C=O) groups excluding carboxylic acids is 3. The van der Waals surface area contributed by atoms with Crippen molar-refractivity contribution < 1.29 is 28.6 Å². The summed E-state index contributed by atoms with van der Waals surface area (Å²) >= 11 is 6.81. The van der Waals surface area contributed by atoms with Crippen molar-refractivity contribution >= 4 is 45.8 Å². The summed E-state index contributed by atoms with van der Waals surface area (Å²) in [5, 5.41) is 3.42. The molecule has 9 heteroatoms. The number of carbonyl (C=O) groups is 3. The van der Waals surface area contributed by atoms with Gasteiger partial charge in [0.1, 0.15) is 15.6 Å². The molecule has 0 spiro atoms. The van der Waals surface area contributed by atoms with Crippen LogP contribution in [0.5, 0.6) is 5.75 Å². The minimum absolute atomic E-state index is 0.118. The molecule has 1 amide bonds. The monoisotopic (exact) mass is 439 g/mol. The summed E-state index contributed by atoms with van der Waals surface area (Å²) in [6.07, 6.45) is 0. The van der Waals surface area contributed by atoms with E-state index >= 15 is 0 Å². The standard InChI is InChI=1S/C20H22ClNO6S/c1-6-27-17(23)14-11(2)15(18(24)26-5)29-16(14)22-19(25)20(3,4)28-13-9-7-12(21)8-10-13/h7-10H,6H2,1-5H3,(H,22,25). The number of esters is 2. The van der Waals surface area contributed by atoms with Crippen LogP contribution < -0.4 is 10.1 Å². The maximum absolute atomic E-state index is 12.9. The van der Waals surface area contributed by atoms with Crippen LogP contribution in [0.1, 0.15) is 46.4 Å². The Kier molecular flexibility index (Phi) is 7.26. The van der Waals surface area contributed by atoms with Crippen molar-refractivity contribution in [3.8, 4) is 5.75 Å². The third kappa shape index (κ3) is 5.27. The van der Waals surface area contributed by atoms with Gasteiger partial charge in [0.25, 0.3) is 5.91 Å². The molecular weight excluding hydrogens is 418 g/mol. The predicted octanol–water partition coefficient (Wildman–Crippen LogP) is 4.47. The molecular formula is C20H22ClNO6S. The first-order valence-electron chi connectivity index (χ1n) is 8.75. The van der Waals surface area contributed by atoms with Crippen LogP contribution in [0.15, 0.2) is 24.3 Å². The number of rotatable bonds is 7. The van der Waals surface area contributed by atoms with Gasteiger partial charge in [-0.15, -0.1) is 11.3 Å². The van der Waals surface area contributed by atoms with Crippen LogP contribution in [-0.4, -0.2) is 37.2 Å². The molecule has 7 nitrogen and oxygen atoms in total. The molecule has 0 bridgehead atoms. The Hall–Kier alpha value is -2.58. The Morgan fingerprint density at radius 2 is 1.76 bits per heavy atom. The lowest BCUT2D eigenvalue weighted by Crippen LogP contribution is -2.42. The van der Waals surface area contributed by atoms with Crippen molar-refractivity contribution in [3.05, 3.63) is 45.3 Å². The average molecular weight is 440 g/mol. The molecule has 0 saturated heterocycles. The summed E-state index contributed by atoms with van der Waals surface area (Å²) in [5.74, 6) is -1.29. The van der Waals surface area contributed by atoms with E-state index in [0.29, 0.717) is 16.3 Å². The van der Waals surface area contributed by atoms with E-state index in [2.05, 4.69) is 5.32 Å². The van der Waals surface area contributed by atoms with E-state index in [1.807, 2.05) is 0 Å². The number of methoxy groups -OCH3 is 1. The van der Waals surface area contributed by atoms with Gasteiger partial charge in [0.15, 0.2) is 5.60 Å². The number of nitrogens with one attached hydrogen (secondary N) is 1. The second-order valence-electron chi connectivity index (χ2n) is 6.49. The predicted molar refractivity (Wildman–Crippen MR) is 111 cm³/mol. The van der Waals surface area contributed by atoms with Gasteiger partial charge in [0.05, 0.1) is 19.3 Å².